The molecule has 0 unspecified atom stereocenters. The highest BCUT2D eigenvalue weighted by atomic mass is 32.2. The molecule has 0 aliphatic rings. The average molecular weight is 402 g/mol. The van der Waals surface area contributed by atoms with Crippen molar-refractivity contribution in [3.63, 3.8) is 0 Å². The monoisotopic (exact) mass is 401 g/mol. The molecule has 4 rings (SSSR count). The first kappa shape index (κ1) is 19.4. The molecule has 0 amide bonds. The summed E-state index contributed by atoms with van der Waals surface area (Å²) < 4.78 is 28.5. The van der Waals surface area contributed by atoms with Crippen LogP contribution in [-0.4, -0.2) is 19.8 Å². The molecule has 0 spiro atoms. The van der Waals surface area contributed by atoms with Crippen molar-refractivity contribution in [2.45, 2.75) is 17.9 Å². The fourth-order valence-corrected chi connectivity index (χ4v) is 5.05. The Kier molecular flexibility index (Phi) is 5.22. The largest absolute Gasteiger partial charge is 0.243 e. The van der Waals surface area contributed by atoms with E-state index in [2.05, 4.69) is 12.1 Å². The fourth-order valence-electron chi connectivity index (χ4n) is 3.72. The first-order valence-corrected chi connectivity index (χ1v) is 11.0. The zero-order valence-electron chi connectivity index (χ0n) is 16.5. The Morgan fingerprint density at radius 3 is 2.07 bits per heavy atom. The standard InChI is InChI=1S/C25H23NO2S/c1-19-15-17-22(18-16-19)29(27,28)26(2)25(21-10-4-3-5-11-21)24-14-8-12-20-9-6-7-13-23(20)24/h3-18,25H,1-2H3/t25-/m1/s1. The van der Waals surface area contributed by atoms with Gasteiger partial charge in [0, 0.05) is 7.05 Å². The van der Waals surface area contributed by atoms with Crippen LogP contribution in [0.25, 0.3) is 10.8 Å². The van der Waals surface area contributed by atoms with Crippen molar-refractivity contribution >= 4 is 20.8 Å². The first-order chi connectivity index (χ1) is 14.0. The molecule has 0 radical (unpaired) electrons. The molecular weight excluding hydrogens is 378 g/mol. The van der Waals surface area contributed by atoms with E-state index in [1.165, 1.54) is 4.31 Å². The summed E-state index contributed by atoms with van der Waals surface area (Å²) in [6.45, 7) is 1.95. The van der Waals surface area contributed by atoms with Gasteiger partial charge in [0.25, 0.3) is 0 Å². The van der Waals surface area contributed by atoms with Crippen LogP contribution < -0.4 is 0 Å². The van der Waals surface area contributed by atoms with Crippen molar-refractivity contribution in [1.29, 1.82) is 0 Å². The Morgan fingerprint density at radius 2 is 1.34 bits per heavy atom. The molecule has 29 heavy (non-hydrogen) atoms. The van der Waals surface area contributed by atoms with Crippen LogP contribution in [0.4, 0.5) is 0 Å². The summed E-state index contributed by atoms with van der Waals surface area (Å²) in [5.74, 6) is 0. The number of hydrogen-bond donors (Lipinski definition) is 0. The summed E-state index contributed by atoms with van der Waals surface area (Å²) in [7, 11) is -2.03. The number of rotatable bonds is 5. The van der Waals surface area contributed by atoms with Crippen molar-refractivity contribution in [3.05, 3.63) is 114 Å². The minimum Gasteiger partial charge on any atom is -0.207 e. The van der Waals surface area contributed by atoms with Gasteiger partial charge in [-0.2, -0.15) is 4.31 Å². The lowest BCUT2D eigenvalue weighted by Gasteiger charge is -2.29. The van der Waals surface area contributed by atoms with Crippen molar-refractivity contribution in [1.82, 2.24) is 4.31 Å². The Morgan fingerprint density at radius 1 is 0.724 bits per heavy atom. The molecule has 146 valence electrons. The third-order valence-corrected chi connectivity index (χ3v) is 7.13. The van der Waals surface area contributed by atoms with E-state index in [1.54, 1.807) is 19.2 Å². The molecule has 0 aliphatic heterocycles. The molecule has 0 heterocycles. The molecule has 0 aromatic heterocycles. The van der Waals surface area contributed by atoms with Crippen molar-refractivity contribution in [2.24, 2.45) is 0 Å². The topological polar surface area (TPSA) is 37.4 Å². The summed E-state index contributed by atoms with van der Waals surface area (Å²) in [6.07, 6.45) is 0. The number of aryl methyl sites for hydroxylation is 1. The molecule has 0 saturated carbocycles. The number of benzene rings is 4. The Balaban J connectivity index is 1.91. The normalized spacial score (nSPS) is 12.9. The van der Waals surface area contributed by atoms with E-state index >= 15 is 0 Å². The van der Waals surface area contributed by atoms with Crippen molar-refractivity contribution in [2.75, 3.05) is 7.05 Å². The van der Waals surface area contributed by atoms with Gasteiger partial charge in [-0.15, -0.1) is 0 Å². The van der Waals surface area contributed by atoms with Gasteiger partial charge in [0.2, 0.25) is 10.0 Å². The summed E-state index contributed by atoms with van der Waals surface area (Å²) >= 11 is 0. The summed E-state index contributed by atoms with van der Waals surface area (Å²) in [5, 5.41) is 2.14. The van der Waals surface area contributed by atoms with E-state index in [0.29, 0.717) is 4.90 Å². The summed E-state index contributed by atoms with van der Waals surface area (Å²) in [6, 6.07) is 30.5. The van der Waals surface area contributed by atoms with Crippen molar-refractivity contribution in [3.8, 4) is 0 Å². The molecule has 1 atom stereocenters. The van der Waals surface area contributed by atoms with Crippen LogP contribution in [0.1, 0.15) is 22.7 Å². The summed E-state index contributed by atoms with van der Waals surface area (Å²) in [5.41, 5.74) is 2.93. The predicted molar refractivity (Wildman–Crippen MR) is 118 cm³/mol. The van der Waals surface area contributed by atoms with Crippen LogP contribution in [0.3, 0.4) is 0 Å². The fraction of sp³-hybridized carbons (Fsp3) is 0.120. The zero-order valence-corrected chi connectivity index (χ0v) is 17.3. The first-order valence-electron chi connectivity index (χ1n) is 9.56. The predicted octanol–water partition coefficient (Wildman–Crippen LogP) is 5.56. The van der Waals surface area contributed by atoms with Gasteiger partial charge in [0.15, 0.2) is 0 Å². The minimum atomic E-state index is -3.69. The second-order valence-electron chi connectivity index (χ2n) is 7.22. The highest BCUT2D eigenvalue weighted by Crippen LogP contribution is 2.35. The van der Waals surface area contributed by atoms with E-state index in [4.69, 9.17) is 0 Å². The lowest BCUT2D eigenvalue weighted by molar-refractivity contribution is 0.419. The van der Waals surface area contributed by atoms with E-state index in [0.717, 1.165) is 27.5 Å². The molecular formula is C25H23NO2S. The third-order valence-electron chi connectivity index (χ3n) is 5.29. The lowest BCUT2D eigenvalue weighted by atomic mass is 9.94. The Labute approximate surface area is 172 Å². The maximum absolute atomic E-state index is 13.5. The number of fused-ring (bicyclic) bond motifs is 1. The van der Waals surface area contributed by atoms with E-state index in [9.17, 15) is 8.42 Å². The third kappa shape index (κ3) is 3.69. The number of sulfonamides is 1. The maximum Gasteiger partial charge on any atom is 0.243 e. The molecule has 0 N–H and O–H groups in total. The number of nitrogens with zero attached hydrogens (tertiary/aromatic N) is 1. The molecule has 0 bridgehead atoms. The van der Waals surface area contributed by atoms with Gasteiger partial charge in [-0.05, 0) is 41.0 Å². The van der Waals surface area contributed by atoms with Crippen LogP contribution in [0, 0.1) is 6.92 Å². The van der Waals surface area contributed by atoms with Crippen LogP contribution in [-0.2, 0) is 10.0 Å². The van der Waals surface area contributed by atoms with Crippen molar-refractivity contribution < 1.29 is 8.42 Å². The minimum absolute atomic E-state index is 0.298. The average Bonchev–Trinajstić information content (AvgIpc) is 2.75. The van der Waals surface area contributed by atoms with Crippen LogP contribution in [0.2, 0.25) is 0 Å². The van der Waals surface area contributed by atoms with E-state index in [-0.39, 0.29) is 0 Å². The van der Waals surface area contributed by atoms with Gasteiger partial charge in [-0.3, -0.25) is 0 Å². The van der Waals surface area contributed by atoms with Crippen LogP contribution in [0.5, 0.6) is 0 Å². The second kappa shape index (κ2) is 7.82. The van der Waals surface area contributed by atoms with Crippen LogP contribution >= 0.6 is 0 Å². The molecule has 0 fully saturated rings. The maximum atomic E-state index is 13.5. The smallest absolute Gasteiger partial charge is 0.207 e. The SMILES string of the molecule is Cc1ccc(S(=O)(=O)N(C)[C@H](c2ccccc2)c2cccc3ccccc23)cc1. The van der Waals surface area contributed by atoms with Gasteiger partial charge >= 0.3 is 0 Å². The number of hydrogen-bond acceptors (Lipinski definition) is 2. The quantitative estimate of drug-likeness (QED) is 0.439. The van der Waals surface area contributed by atoms with Gasteiger partial charge in [0.05, 0.1) is 10.9 Å². The highest BCUT2D eigenvalue weighted by molar-refractivity contribution is 7.89. The van der Waals surface area contributed by atoms with E-state index < -0.39 is 16.1 Å². The summed E-state index contributed by atoms with van der Waals surface area (Å²) in [4.78, 5) is 0.298. The molecule has 0 saturated heterocycles. The molecule has 4 aromatic rings. The molecule has 4 aromatic carbocycles. The van der Waals surface area contributed by atoms with Gasteiger partial charge in [0.1, 0.15) is 0 Å². The molecule has 0 aliphatic carbocycles. The van der Waals surface area contributed by atoms with Gasteiger partial charge in [-0.1, -0.05) is 90.5 Å². The van der Waals surface area contributed by atoms with Crippen LogP contribution in [0.15, 0.2) is 102 Å². The highest BCUT2D eigenvalue weighted by Gasteiger charge is 2.31. The second-order valence-corrected chi connectivity index (χ2v) is 9.21. The Hall–Kier alpha value is -2.95. The molecule has 3 nitrogen and oxygen atoms in total. The van der Waals surface area contributed by atoms with Gasteiger partial charge in [-0.25, -0.2) is 8.42 Å². The zero-order chi connectivity index (χ0) is 20.4. The molecule has 4 heteroatoms. The lowest BCUT2D eigenvalue weighted by Crippen LogP contribution is -2.32. The van der Waals surface area contributed by atoms with E-state index in [1.807, 2.05) is 79.7 Å². The Bertz CT molecular complexity index is 1230. The van der Waals surface area contributed by atoms with Gasteiger partial charge < -0.3 is 0 Å².